The summed E-state index contributed by atoms with van der Waals surface area (Å²) in [5, 5.41) is 0. The van der Waals surface area contributed by atoms with Gasteiger partial charge in [-0.05, 0) is 44.2 Å². The first kappa shape index (κ1) is 14.4. The maximum Gasteiger partial charge on any atom is 0.334 e. The molecule has 21 heavy (non-hydrogen) atoms. The van der Waals surface area contributed by atoms with E-state index in [2.05, 4.69) is 31.7 Å². The van der Waals surface area contributed by atoms with Crippen LogP contribution in [0, 0.1) is 5.41 Å². The molecule has 1 aromatic carbocycles. The van der Waals surface area contributed by atoms with Gasteiger partial charge >= 0.3 is 5.97 Å². The minimum Gasteiger partial charge on any atom is -0.451 e. The summed E-state index contributed by atoms with van der Waals surface area (Å²) < 4.78 is 6.04. The third-order valence-electron chi connectivity index (χ3n) is 5.53. The van der Waals surface area contributed by atoms with Gasteiger partial charge in [0.25, 0.3) is 0 Å². The SMILES string of the molecule is C=C(C)C(=O)OC1(C)c2ccccc2CC12CCCCC2. The molecule has 0 N–H and O–H groups in total. The van der Waals surface area contributed by atoms with Crippen molar-refractivity contribution in [2.24, 2.45) is 5.41 Å². The van der Waals surface area contributed by atoms with Crippen LogP contribution in [-0.2, 0) is 21.6 Å². The molecule has 2 aliphatic rings. The quantitative estimate of drug-likeness (QED) is 0.589. The van der Waals surface area contributed by atoms with Crippen LogP contribution in [0.1, 0.15) is 57.1 Å². The van der Waals surface area contributed by atoms with Gasteiger partial charge in [-0.15, -0.1) is 0 Å². The molecule has 3 rings (SSSR count). The molecule has 1 unspecified atom stereocenters. The first-order valence-corrected chi connectivity index (χ1v) is 7.96. The van der Waals surface area contributed by atoms with Crippen LogP contribution in [0.3, 0.4) is 0 Å². The standard InChI is InChI=1S/C19H24O2/c1-14(2)17(20)21-18(3)16-10-6-5-9-15(16)13-19(18)11-7-4-8-12-19/h5-6,9-10H,1,4,7-8,11-13H2,2-3H3. The van der Waals surface area contributed by atoms with Crippen molar-refractivity contribution >= 4 is 5.97 Å². The summed E-state index contributed by atoms with van der Waals surface area (Å²) >= 11 is 0. The molecule has 1 saturated carbocycles. The lowest BCUT2D eigenvalue weighted by Crippen LogP contribution is -2.45. The third kappa shape index (κ3) is 2.12. The number of hydrogen-bond donors (Lipinski definition) is 0. The lowest BCUT2D eigenvalue weighted by Gasteiger charge is -2.46. The number of esters is 1. The fraction of sp³-hybridized carbons (Fsp3) is 0.526. The largest absolute Gasteiger partial charge is 0.451 e. The molecule has 0 radical (unpaired) electrons. The molecule has 112 valence electrons. The van der Waals surface area contributed by atoms with Crippen LogP contribution in [0.4, 0.5) is 0 Å². The van der Waals surface area contributed by atoms with E-state index in [4.69, 9.17) is 4.74 Å². The Kier molecular flexibility index (Phi) is 3.43. The van der Waals surface area contributed by atoms with Crippen LogP contribution in [0.5, 0.6) is 0 Å². The van der Waals surface area contributed by atoms with Crippen LogP contribution in [0.2, 0.25) is 0 Å². The normalized spacial score (nSPS) is 26.4. The van der Waals surface area contributed by atoms with E-state index in [0.29, 0.717) is 5.57 Å². The Hall–Kier alpha value is -1.57. The summed E-state index contributed by atoms with van der Waals surface area (Å²) in [4.78, 5) is 12.2. The summed E-state index contributed by atoms with van der Waals surface area (Å²) in [6.45, 7) is 7.58. The van der Waals surface area contributed by atoms with Gasteiger partial charge in [0, 0.05) is 11.0 Å². The summed E-state index contributed by atoms with van der Waals surface area (Å²) in [5.74, 6) is -0.265. The highest BCUT2D eigenvalue weighted by molar-refractivity contribution is 5.87. The Morgan fingerprint density at radius 3 is 2.52 bits per heavy atom. The van der Waals surface area contributed by atoms with Crippen molar-refractivity contribution < 1.29 is 9.53 Å². The molecule has 1 aromatic rings. The molecule has 2 aliphatic carbocycles. The lowest BCUT2D eigenvalue weighted by atomic mass is 9.64. The number of hydrogen-bond acceptors (Lipinski definition) is 2. The zero-order chi connectivity index (χ0) is 15.1. The van der Waals surface area contributed by atoms with Gasteiger partial charge in [-0.2, -0.15) is 0 Å². The Labute approximate surface area is 127 Å². The van der Waals surface area contributed by atoms with Crippen LogP contribution in [0.15, 0.2) is 36.4 Å². The van der Waals surface area contributed by atoms with Gasteiger partial charge in [-0.3, -0.25) is 0 Å². The zero-order valence-corrected chi connectivity index (χ0v) is 13.1. The van der Waals surface area contributed by atoms with E-state index < -0.39 is 5.60 Å². The highest BCUT2D eigenvalue weighted by atomic mass is 16.6. The van der Waals surface area contributed by atoms with Gasteiger partial charge in [-0.1, -0.05) is 50.1 Å². The molecule has 1 fully saturated rings. The van der Waals surface area contributed by atoms with Gasteiger partial charge in [0.15, 0.2) is 0 Å². The molecule has 0 aromatic heterocycles. The molecule has 2 heteroatoms. The minimum absolute atomic E-state index is 0.0695. The van der Waals surface area contributed by atoms with E-state index in [0.717, 1.165) is 19.3 Å². The van der Waals surface area contributed by atoms with Crippen LogP contribution in [0.25, 0.3) is 0 Å². The Balaban J connectivity index is 2.06. The number of rotatable bonds is 2. The van der Waals surface area contributed by atoms with Crippen LogP contribution >= 0.6 is 0 Å². The van der Waals surface area contributed by atoms with E-state index >= 15 is 0 Å². The average molecular weight is 284 g/mol. The van der Waals surface area contributed by atoms with Gasteiger partial charge in [-0.25, -0.2) is 4.79 Å². The van der Waals surface area contributed by atoms with E-state index in [1.165, 1.54) is 30.4 Å². The van der Waals surface area contributed by atoms with E-state index in [9.17, 15) is 4.79 Å². The van der Waals surface area contributed by atoms with E-state index in [1.807, 2.05) is 6.07 Å². The maximum atomic E-state index is 12.2. The molecule has 0 heterocycles. The van der Waals surface area contributed by atoms with Crippen molar-refractivity contribution in [1.82, 2.24) is 0 Å². The summed E-state index contributed by atoms with van der Waals surface area (Å²) in [6, 6.07) is 8.45. The van der Waals surface area contributed by atoms with Gasteiger partial charge in [0.2, 0.25) is 0 Å². The van der Waals surface area contributed by atoms with Gasteiger partial charge in [0.05, 0.1) is 0 Å². The Bertz CT molecular complexity index is 581. The number of ether oxygens (including phenoxy) is 1. The van der Waals surface area contributed by atoms with Crippen LogP contribution in [-0.4, -0.2) is 5.97 Å². The lowest BCUT2D eigenvalue weighted by molar-refractivity contribution is -0.173. The second-order valence-electron chi connectivity index (χ2n) is 6.88. The second-order valence-corrected chi connectivity index (χ2v) is 6.88. The Morgan fingerprint density at radius 2 is 1.86 bits per heavy atom. The van der Waals surface area contributed by atoms with E-state index in [-0.39, 0.29) is 11.4 Å². The number of fused-ring (bicyclic) bond motifs is 1. The molecule has 1 spiro atoms. The molecular weight excluding hydrogens is 260 g/mol. The van der Waals surface area contributed by atoms with E-state index in [1.54, 1.807) is 6.92 Å². The smallest absolute Gasteiger partial charge is 0.334 e. The number of carbonyl (C=O) groups is 1. The average Bonchev–Trinajstić information content (AvgIpc) is 2.69. The first-order valence-electron chi connectivity index (χ1n) is 7.96. The fourth-order valence-corrected chi connectivity index (χ4v) is 4.28. The van der Waals surface area contributed by atoms with Crippen molar-refractivity contribution in [2.45, 2.75) is 58.0 Å². The Morgan fingerprint density at radius 1 is 1.19 bits per heavy atom. The van der Waals surface area contributed by atoms with Crippen molar-refractivity contribution in [1.29, 1.82) is 0 Å². The topological polar surface area (TPSA) is 26.3 Å². The van der Waals surface area contributed by atoms with Crippen molar-refractivity contribution in [2.75, 3.05) is 0 Å². The molecular formula is C19H24O2. The molecule has 1 atom stereocenters. The summed E-state index contributed by atoms with van der Waals surface area (Å²) in [5.41, 5.74) is 2.57. The van der Waals surface area contributed by atoms with Crippen molar-refractivity contribution in [3.63, 3.8) is 0 Å². The summed E-state index contributed by atoms with van der Waals surface area (Å²) in [6.07, 6.45) is 7.07. The molecule has 0 bridgehead atoms. The van der Waals surface area contributed by atoms with Crippen molar-refractivity contribution in [3.8, 4) is 0 Å². The highest BCUT2D eigenvalue weighted by Gasteiger charge is 2.57. The fourth-order valence-electron chi connectivity index (χ4n) is 4.28. The third-order valence-corrected chi connectivity index (χ3v) is 5.53. The van der Waals surface area contributed by atoms with Crippen LogP contribution < -0.4 is 0 Å². The second kappa shape index (κ2) is 5.01. The monoisotopic (exact) mass is 284 g/mol. The molecule has 2 nitrogen and oxygen atoms in total. The summed E-state index contributed by atoms with van der Waals surface area (Å²) in [7, 11) is 0. The first-order chi connectivity index (χ1) is 9.98. The number of carbonyl (C=O) groups excluding carboxylic acids is 1. The number of benzene rings is 1. The molecule has 0 amide bonds. The molecule has 0 saturated heterocycles. The molecule has 0 aliphatic heterocycles. The highest BCUT2D eigenvalue weighted by Crippen LogP contribution is 2.59. The van der Waals surface area contributed by atoms with Crippen molar-refractivity contribution in [3.05, 3.63) is 47.5 Å². The predicted octanol–water partition coefficient (Wildman–Crippen LogP) is 4.53. The van der Waals surface area contributed by atoms with Gasteiger partial charge in [0.1, 0.15) is 5.60 Å². The van der Waals surface area contributed by atoms with Gasteiger partial charge < -0.3 is 4.74 Å². The zero-order valence-electron chi connectivity index (χ0n) is 13.1. The maximum absolute atomic E-state index is 12.2. The minimum atomic E-state index is -0.514. The predicted molar refractivity (Wildman–Crippen MR) is 83.9 cm³/mol.